The first kappa shape index (κ1) is 9.38. The lowest BCUT2D eigenvalue weighted by Gasteiger charge is -2.32. The van der Waals surface area contributed by atoms with Crippen molar-refractivity contribution in [1.82, 2.24) is 4.90 Å². The van der Waals surface area contributed by atoms with Gasteiger partial charge in [0.2, 0.25) is 5.91 Å². The van der Waals surface area contributed by atoms with Crippen molar-refractivity contribution in [2.24, 2.45) is 5.41 Å². The van der Waals surface area contributed by atoms with Gasteiger partial charge in [-0.15, -0.1) is 0 Å². The molecule has 2 atom stereocenters. The molecule has 2 heterocycles. The summed E-state index contributed by atoms with van der Waals surface area (Å²) in [6, 6.07) is 0.543. The summed E-state index contributed by atoms with van der Waals surface area (Å²) in [7, 11) is 0. The first-order chi connectivity index (χ1) is 5.98. The van der Waals surface area contributed by atoms with Crippen LogP contribution in [0.4, 0.5) is 0 Å². The average Bonchev–Trinajstić information content (AvgIpc) is 2.60. The van der Waals surface area contributed by atoms with Gasteiger partial charge < -0.3 is 4.90 Å². The highest BCUT2D eigenvalue weighted by molar-refractivity contribution is 8.00. The van der Waals surface area contributed by atoms with Crippen molar-refractivity contribution in [2.45, 2.75) is 38.5 Å². The zero-order valence-corrected chi connectivity index (χ0v) is 9.36. The molecule has 2 aliphatic rings. The molecule has 1 amide bonds. The van der Waals surface area contributed by atoms with Crippen LogP contribution < -0.4 is 0 Å². The molecule has 0 aliphatic carbocycles. The quantitative estimate of drug-likeness (QED) is 0.592. The van der Waals surface area contributed by atoms with Gasteiger partial charge >= 0.3 is 0 Å². The van der Waals surface area contributed by atoms with Gasteiger partial charge in [0.05, 0.1) is 0 Å². The Bertz CT molecular complexity index is 234. The number of hydrogen-bond acceptors (Lipinski definition) is 2. The number of hydrogen-bond donors (Lipinski definition) is 0. The van der Waals surface area contributed by atoms with Crippen LogP contribution in [-0.4, -0.2) is 34.4 Å². The molecule has 2 fully saturated rings. The minimum Gasteiger partial charge on any atom is -0.337 e. The average molecular weight is 199 g/mol. The number of fused-ring (bicyclic) bond motifs is 2. The van der Waals surface area contributed by atoms with Crippen molar-refractivity contribution >= 4 is 17.7 Å². The minimum atomic E-state index is -0.199. The first-order valence-corrected chi connectivity index (χ1v) is 5.96. The van der Waals surface area contributed by atoms with Gasteiger partial charge in [0.15, 0.2) is 0 Å². The van der Waals surface area contributed by atoms with E-state index >= 15 is 0 Å². The van der Waals surface area contributed by atoms with E-state index in [1.807, 2.05) is 32.5 Å². The summed E-state index contributed by atoms with van der Waals surface area (Å²) < 4.78 is 0. The molecule has 0 radical (unpaired) electrons. The van der Waals surface area contributed by atoms with E-state index in [1.165, 1.54) is 6.42 Å². The molecule has 0 aromatic rings. The van der Waals surface area contributed by atoms with E-state index in [1.54, 1.807) is 0 Å². The van der Waals surface area contributed by atoms with Crippen LogP contribution in [0.5, 0.6) is 0 Å². The predicted molar refractivity (Wildman–Crippen MR) is 55.8 cm³/mol. The van der Waals surface area contributed by atoms with Crippen molar-refractivity contribution in [3.05, 3.63) is 0 Å². The summed E-state index contributed by atoms with van der Waals surface area (Å²) >= 11 is 2.03. The third-order valence-corrected chi connectivity index (χ3v) is 4.19. The Morgan fingerprint density at radius 1 is 1.46 bits per heavy atom. The third kappa shape index (κ3) is 1.58. The van der Waals surface area contributed by atoms with Crippen LogP contribution in [0, 0.1) is 5.41 Å². The number of nitrogens with zero attached hydrogens (tertiary/aromatic N) is 1. The van der Waals surface area contributed by atoms with Crippen LogP contribution in [0.15, 0.2) is 0 Å². The molecule has 2 unspecified atom stereocenters. The highest BCUT2D eigenvalue weighted by atomic mass is 32.2. The smallest absolute Gasteiger partial charge is 0.228 e. The van der Waals surface area contributed by atoms with Crippen LogP contribution in [0.3, 0.4) is 0 Å². The van der Waals surface area contributed by atoms with E-state index in [4.69, 9.17) is 0 Å². The van der Waals surface area contributed by atoms with Crippen LogP contribution in [0.1, 0.15) is 27.2 Å². The number of carbonyl (C=O) groups excluding carboxylic acids is 1. The minimum absolute atomic E-state index is 0.199. The standard InChI is InChI=1S/C10H17NOS/c1-10(2,3)9(12)11-5-8-4-7(11)6-13-8/h7-8H,4-6H2,1-3H3. The summed E-state index contributed by atoms with van der Waals surface area (Å²) in [5, 5.41) is 0.733. The maximum absolute atomic E-state index is 12.0. The van der Waals surface area contributed by atoms with E-state index < -0.39 is 0 Å². The fourth-order valence-electron chi connectivity index (χ4n) is 2.08. The molecular formula is C10H17NOS. The maximum atomic E-state index is 12.0. The predicted octanol–water partition coefficient (Wildman–Crippen LogP) is 1.75. The lowest BCUT2D eigenvalue weighted by Crippen LogP contribution is -2.44. The highest BCUT2D eigenvalue weighted by Gasteiger charge is 2.43. The Kier molecular flexibility index (Phi) is 2.10. The van der Waals surface area contributed by atoms with Crippen molar-refractivity contribution in [3.63, 3.8) is 0 Å². The molecule has 0 saturated carbocycles. The molecule has 2 aliphatic heterocycles. The summed E-state index contributed by atoms with van der Waals surface area (Å²) in [5.41, 5.74) is -0.199. The number of carbonyl (C=O) groups is 1. The number of amides is 1. The molecule has 2 nitrogen and oxygen atoms in total. The fourth-order valence-corrected chi connectivity index (χ4v) is 3.51. The topological polar surface area (TPSA) is 20.3 Å². The van der Waals surface area contributed by atoms with E-state index in [2.05, 4.69) is 4.90 Å². The third-order valence-electron chi connectivity index (χ3n) is 2.80. The largest absolute Gasteiger partial charge is 0.337 e. The second kappa shape index (κ2) is 2.91. The monoisotopic (exact) mass is 199 g/mol. The molecule has 74 valence electrons. The maximum Gasteiger partial charge on any atom is 0.228 e. The first-order valence-electron chi connectivity index (χ1n) is 4.91. The molecular weight excluding hydrogens is 182 g/mol. The van der Waals surface area contributed by atoms with Gasteiger partial charge in [-0.05, 0) is 6.42 Å². The Morgan fingerprint density at radius 3 is 2.54 bits per heavy atom. The lowest BCUT2D eigenvalue weighted by molar-refractivity contribution is -0.139. The normalized spacial score (nSPS) is 32.7. The van der Waals surface area contributed by atoms with Crippen molar-refractivity contribution < 1.29 is 4.79 Å². The zero-order chi connectivity index (χ0) is 9.64. The van der Waals surface area contributed by atoms with Gasteiger partial charge in [-0.3, -0.25) is 4.79 Å². The van der Waals surface area contributed by atoms with Crippen molar-refractivity contribution in [1.29, 1.82) is 0 Å². The summed E-state index contributed by atoms with van der Waals surface area (Å²) in [4.78, 5) is 14.1. The number of likely N-dealkylation sites (tertiary alicyclic amines) is 1. The second-order valence-corrected chi connectivity index (χ2v) is 6.39. The second-order valence-electron chi connectivity index (χ2n) is 5.05. The summed E-state index contributed by atoms with van der Waals surface area (Å²) in [5.74, 6) is 1.49. The molecule has 13 heavy (non-hydrogen) atoms. The molecule has 0 N–H and O–H groups in total. The van der Waals surface area contributed by atoms with E-state index in [-0.39, 0.29) is 5.41 Å². The van der Waals surface area contributed by atoms with Crippen molar-refractivity contribution in [3.8, 4) is 0 Å². The van der Waals surface area contributed by atoms with Crippen LogP contribution in [0.2, 0.25) is 0 Å². The molecule has 2 saturated heterocycles. The van der Waals surface area contributed by atoms with Gasteiger partial charge in [-0.25, -0.2) is 0 Å². The Morgan fingerprint density at radius 2 is 2.15 bits per heavy atom. The van der Waals surface area contributed by atoms with Gasteiger partial charge in [0, 0.05) is 29.0 Å². The Labute approximate surface area is 84.1 Å². The molecule has 3 heteroatoms. The highest BCUT2D eigenvalue weighted by Crippen LogP contribution is 2.39. The van der Waals surface area contributed by atoms with Crippen molar-refractivity contribution in [2.75, 3.05) is 12.3 Å². The molecule has 0 aromatic carbocycles. The zero-order valence-electron chi connectivity index (χ0n) is 8.54. The van der Waals surface area contributed by atoms with Gasteiger partial charge in [-0.2, -0.15) is 11.8 Å². The van der Waals surface area contributed by atoms with Gasteiger partial charge in [0.1, 0.15) is 0 Å². The molecule has 2 bridgehead atoms. The molecule has 0 aromatic heterocycles. The number of rotatable bonds is 0. The van der Waals surface area contributed by atoms with Crippen LogP contribution in [0.25, 0.3) is 0 Å². The van der Waals surface area contributed by atoms with E-state index in [0.717, 1.165) is 17.5 Å². The summed E-state index contributed by atoms with van der Waals surface area (Å²) in [6.45, 7) is 7.02. The number of thioether (sulfide) groups is 1. The lowest BCUT2D eigenvalue weighted by atomic mass is 9.94. The SMILES string of the molecule is CC(C)(C)C(=O)N1CC2CC1CS2. The van der Waals surface area contributed by atoms with Gasteiger partial charge in [-0.1, -0.05) is 20.8 Å². The Hall–Kier alpha value is -0.180. The van der Waals surface area contributed by atoms with E-state index in [0.29, 0.717) is 11.9 Å². The van der Waals surface area contributed by atoms with Crippen LogP contribution in [-0.2, 0) is 4.79 Å². The van der Waals surface area contributed by atoms with E-state index in [9.17, 15) is 4.79 Å². The molecule has 0 spiro atoms. The Balaban J connectivity index is 2.07. The van der Waals surface area contributed by atoms with Crippen LogP contribution >= 0.6 is 11.8 Å². The summed E-state index contributed by atoms with van der Waals surface area (Å²) in [6.07, 6.45) is 1.23. The fraction of sp³-hybridized carbons (Fsp3) is 0.900. The molecule has 2 rings (SSSR count). The van der Waals surface area contributed by atoms with Gasteiger partial charge in [0.25, 0.3) is 0 Å².